The first-order chi connectivity index (χ1) is 9.33. The third kappa shape index (κ3) is 2.80. The molecule has 20 heavy (non-hydrogen) atoms. The van der Waals surface area contributed by atoms with Crippen LogP contribution in [0.25, 0.3) is 0 Å². The van der Waals surface area contributed by atoms with E-state index in [1.54, 1.807) is 6.07 Å². The highest BCUT2D eigenvalue weighted by Gasteiger charge is 2.39. The topological polar surface area (TPSA) is 60.8 Å². The number of aryl methyl sites for hydroxylation is 1. The lowest BCUT2D eigenvalue weighted by Gasteiger charge is -2.41. The zero-order valence-corrected chi connectivity index (χ0v) is 12.4. The van der Waals surface area contributed by atoms with E-state index in [0.717, 1.165) is 24.1 Å². The molecule has 1 aliphatic rings. The predicted molar refractivity (Wildman–Crippen MR) is 77.8 cm³/mol. The third-order valence-electron chi connectivity index (χ3n) is 4.42. The summed E-state index contributed by atoms with van der Waals surface area (Å²) in [4.78, 5) is 13.6. The summed E-state index contributed by atoms with van der Waals surface area (Å²) in [6.07, 6.45) is 1.59. The summed E-state index contributed by atoms with van der Waals surface area (Å²) in [6, 6.07) is 5.59. The average Bonchev–Trinajstić information content (AvgIpc) is 2.40. The number of piperidine rings is 1. The van der Waals surface area contributed by atoms with E-state index >= 15 is 0 Å². The Morgan fingerprint density at radius 2 is 2.15 bits per heavy atom. The van der Waals surface area contributed by atoms with E-state index in [2.05, 4.69) is 4.90 Å². The van der Waals surface area contributed by atoms with Crippen LogP contribution < -0.4 is 0 Å². The molecule has 1 heterocycles. The fourth-order valence-corrected chi connectivity index (χ4v) is 2.99. The maximum atomic E-state index is 11.4. The summed E-state index contributed by atoms with van der Waals surface area (Å²) >= 11 is 0. The Kier molecular flexibility index (Phi) is 4.04. The molecule has 0 radical (unpaired) electrons. The molecular formula is C16H23NO3. The van der Waals surface area contributed by atoms with E-state index in [1.807, 2.05) is 32.9 Å². The second kappa shape index (κ2) is 5.44. The molecule has 4 heteroatoms. The number of aliphatic carboxylic acids is 1. The molecule has 2 unspecified atom stereocenters. The van der Waals surface area contributed by atoms with Crippen molar-refractivity contribution < 1.29 is 15.0 Å². The number of nitrogens with zero attached hydrogens (tertiary/aromatic N) is 1. The molecule has 0 saturated carbocycles. The molecule has 2 rings (SSSR count). The molecule has 1 aliphatic heterocycles. The number of carbonyl (C=O) groups is 1. The van der Waals surface area contributed by atoms with Gasteiger partial charge in [-0.25, -0.2) is 0 Å². The van der Waals surface area contributed by atoms with Gasteiger partial charge >= 0.3 is 5.97 Å². The van der Waals surface area contributed by atoms with Crippen LogP contribution >= 0.6 is 0 Å². The van der Waals surface area contributed by atoms with E-state index in [-0.39, 0.29) is 11.8 Å². The molecule has 4 nitrogen and oxygen atoms in total. The molecule has 0 spiro atoms. The van der Waals surface area contributed by atoms with Gasteiger partial charge < -0.3 is 10.2 Å². The Morgan fingerprint density at radius 3 is 2.80 bits per heavy atom. The van der Waals surface area contributed by atoms with Crippen molar-refractivity contribution in [1.82, 2.24) is 4.90 Å². The number of likely N-dealkylation sites (tertiary alicyclic amines) is 1. The van der Waals surface area contributed by atoms with Crippen molar-refractivity contribution in [3.05, 3.63) is 29.3 Å². The first-order valence-corrected chi connectivity index (χ1v) is 7.10. The Bertz CT molecular complexity index is 514. The molecule has 1 aromatic carbocycles. The summed E-state index contributed by atoms with van der Waals surface area (Å²) in [5.41, 5.74) is 1.29. The van der Waals surface area contributed by atoms with Gasteiger partial charge in [0.1, 0.15) is 5.75 Å². The molecular weight excluding hydrogens is 254 g/mol. The molecule has 0 bridgehead atoms. The van der Waals surface area contributed by atoms with Crippen LogP contribution in [0.15, 0.2) is 18.2 Å². The summed E-state index contributed by atoms with van der Waals surface area (Å²) in [5, 5.41) is 19.4. The quantitative estimate of drug-likeness (QED) is 0.891. The second-order valence-corrected chi connectivity index (χ2v) is 6.18. The van der Waals surface area contributed by atoms with Crippen LogP contribution in [-0.2, 0) is 4.79 Å². The smallest absolute Gasteiger partial charge is 0.310 e. The van der Waals surface area contributed by atoms with E-state index in [9.17, 15) is 15.0 Å². The Labute approximate surface area is 120 Å². The van der Waals surface area contributed by atoms with E-state index < -0.39 is 11.4 Å². The zero-order valence-electron chi connectivity index (χ0n) is 12.4. The van der Waals surface area contributed by atoms with E-state index in [1.165, 1.54) is 0 Å². The lowest BCUT2D eigenvalue weighted by Crippen LogP contribution is -2.46. The molecule has 0 amide bonds. The van der Waals surface area contributed by atoms with Crippen molar-refractivity contribution in [3.8, 4) is 5.75 Å². The largest absolute Gasteiger partial charge is 0.508 e. The number of carboxylic acid groups (broad SMARTS) is 1. The van der Waals surface area contributed by atoms with Crippen molar-refractivity contribution in [3.63, 3.8) is 0 Å². The average molecular weight is 277 g/mol. The van der Waals surface area contributed by atoms with Gasteiger partial charge in [-0.15, -0.1) is 0 Å². The van der Waals surface area contributed by atoms with Crippen LogP contribution in [0.4, 0.5) is 0 Å². The van der Waals surface area contributed by atoms with Gasteiger partial charge in [0.05, 0.1) is 5.41 Å². The fourth-order valence-electron chi connectivity index (χ4n) is 2.99. The minimum absolute atomic E-state index is 0.0221. The van der Waals surface area contributed by atoms with Gasteiger partial charge in [0.25, 0.3) is 0 Å². The number of benzene rings is 1. The molecule has 0 aromatic heterocycles. The molecule has 2 N–H and O–H groups in total. The molecule has 0 aliphatic carbocycles. The van der Waals surface area contributed by atoms with Crippen LogP contribution in [0, 0.1) is 12.3 Å². The summed E-state index contributed by atoms with van der Waals surface area (Å²) in [6.45, 7) is 7.23. The Morgan fingerprint density at radius 1 is 1.45 bits per heavy atom. The van der Waals surface area contributed by atoms with Gasteiger partial charge in [-0.1, -0.05) is 17.7 Å². The molecule has 1 saturated heterocycles. The van der Waals surface area contributed by atoms with Gasteiger partial charge in [0, 0.05) is 18.2 Å². The van der Waals surface area contributed by atoms with Crippen LogP contribution in [0.3, 0.4) is 0 Å². The normalized spacial score (nSPS) is 25.4. The van der Waals surface area contributed by atoms with Gasteiger partial charge in [0.15, 0.2) is 0 Å². The van der Waals surface area contributed by atoms with Crippen LogP contribution in [0.2, 0.25) is 0 Å². The summed E-state index contributed by atoms with van der Waals surface area (Å²) in [7, 11) is 0. The second-order valence-electron chi connectivity index (χ2n) is 6.18. The standard InChI is InChI=1S/C16H23NO3/c1-11-5-6-14(18)13(9-11)12(2)17-8-4-7-16(3,10-17)15(19)20/h5-6,9,12,18H,4,7-8,10H2,1-3H3,(H,19,20). The maximum Gasteiger partial charge on any atom is 0.310 e. The van der Waals surface area contributed by atoms with Crippen LogP contribution in [0.1, 0.15) is 43.9 Å². The van der Waals surface area contributed by atoms with Crippen molar-refractivity contribution >= 4 is 5.97 Å². The number of phenols is 1. The maximum absolute atomic E-state index is 11.4. The first-order valence-electron chi connectivity index (χ1n) is 7.10. The van der Waals surface area contributed by atoms with Crippen LogP contribution in [-0.4, -0.2) is 34.2 Å². The monoisotopic (exact) mass is 277 g/mol. The highest BCUT2D eigenvalue weighted by molar-refractivity contribution is 5.74. The number of hydrogen-bond donors (Lipinski definition) is 2. The van der Waals surface area contributed by atoms with Crippen molar-refractivity contribution in [1.29, 1.82) is 0 Å². The summed E-state index contributed by atoms with van der Waals surface area (Å²) < 4.78 is 0. The highest BCUT2D eigenvalue weighted by Crippen LogP contribution is 2.36. The molecule has 1 fully saturated rings. The first kappa shape index (κ1) is 14.9. The molecule has 1 aromatic rings. The van der Waals surface area contributed by atoms with Crippen molar-refractivity contribution in [2.75, 3.05) is 13.1 Å². The lowest BCUT2D eigenvalue weighted by atomic mass is 9.81. The number of carboxylic acids is 1. The van der Waals surface area contributed by atoms with Gasteiger partial charge in [-0.3, -0.25) is 9.69 Å². The fraction of sp³-hybridized carbons (Fsp3) is 0.562. The van der Waals surface area contributed by atoms with Gasteiger partial charge in [-0.2, -0.15) is 0 Å². The summed E-state index contributed by atoms with van der Waals surface area (Å²) in [5.74, 6) is -0.450. The van der Waals surface area contributed by atoms with Crippen molar-refractivity contribution in [2.24, 2.45) is 5.41 Å². The highest BCUT2D eigenvalue weighted by atomic mass is 16.4. The van der Waals surface area contributed by atoms with Crippen LogP contribution in [0.5, 0.6) is 5.75 Å². The molecule has 2 atom stereocenters. The van der Waals surface area contributed by atoms with Gasteiger partial charge in [-0.05, 0) is 46.2 Å². The number of rotatable bonds is 3. The Balaban J connectivity index is 2.22. The minimum Gasteiger partial charge on any atom is -0.508 e. The lowest BCUT2D eigenvalue weighted by molar-refractivity contribution is -0.151. The SMILES string of the molecule is Cc1ccc(O)c(C(C)N2CCCC(C)(C(=O)O)C2)c1. The van der Waals surface area contributed by atoms with Gasteiger partial charge in [0.2, 0.25) is 0 Å². The third-order valence-corrected chi connectivity index (χ3v) is 4.42. The number of aromatic hydroxyl groups is 1. The Hall–Kier alpha value is -1.55. The minimum atomic E-state index is -0.733. The zero-order chi connectivity index (χ0) is 14.9. The van der Waals surface area contributed by atoms with E-state index in [0.29, 0.717) is 13.0 Å². The predicted octanol–water partition coefficient (Wildman–Crippen LogP) is 2.95. The molecule has 110 valence electrons. The van der Waals surface area contributed by atoms with E-state index in [4.69, 9.17) is 0 Å². The van der Waals surface area contributed by atoms with Crippen molar-refractivity contribution in [2.45, 2.75) is 39.7 Å². The number of hydrogen-bond acceptors (Lipinski definition) is 3. The number of phenolic OH excluding ortho intramolecular Hbond substituents is 1.